The third-order valence-corrected chi connectivity index (χ3v) is 4.84. The average Bonchev–Trinajstić information content (AvgIpc) is 3.48. The molecule has 0 aliphatic carbocycles. The van der Waals surface area contributed by atoms with Crippen LogP contribution in [-0.4, -0.2) is 48.9 Å². The van der Waals surface area contributed by atoms with E-state index < -0.39 is 0 Å². The van der Waals surface area contributed by atoms with Gasteiger partial charge in [-0.1, -0.05) is 34.6 Å². The van der Waals surface area contributed by atoms with Crippen molar-refractivity contribution in [1.82, 2.24) is 34.7 Å². The molecule has 0 aliphatic rings. The van der Waals surface area contributed by atoms with Gasteiger partial charge < -0.3 is 14.0 Å². The van der Waals surface area contributed by atoms with Crippen LogP contribution in [0.25, 0.3) is 28.2 Å². The molecule has 0 N–H and O–H groups in total. The summed E-state index contributed by atoms with van der Waals surface area (Å²) < 4.78 is 18.7. The lowest BCUT2D eigenvalue weighted by Gasteiger charge is -2.07. The smallest absolute Gasteiger partial charge is 0.284 e. The molecule has 0 unspecified atom stereocenters. The number of fused-ring (bicyclic) bond motifs is 1. The first kappa shape index (κ1) is 19.4. The minimum absolute atomic E-state index is 0.0419. The first-order valence-corrected chi connectivity index (χ1v) is 9.59. The summed E-state index contributed by atoms with van der Waals surface area (Å²) in [4.78, 5) is 21.7. The van der Waals surface area contributed by atoms with Crippen molar-refractivity contribution < 1.29 is 14.0 Å². The van der Waals surface area contributed by atoms with Gasteiger partial charge in [0.15, 0.2) is 11.2 Å². The van der Waals surface area contributed by atoms with Gasteiger partial charge in [0.25, 0.3) is 5.56 Å². The molecule has 0 bridgehead atoms. The predicted octanol–water partition coefficient (Wildman–Crippen LogP) is 2.09. The van der Waals surface area contributed by atoms with Crippen molar-refractivity contribution in [2.24, 2.45) is 0 Å². The van der Waals surface area contributed by atoms with Crippen molar-refractivity contribution in [2.45, 2.75) is 6.54 Å². The van der Waals surface area contributed by atoms with Gasteiger partial charge in [-0.25, -0.2) is 4.98 Å². The number of methoxy groups -OCH3 is 2. The van der Waals surface area contributed by atoms with Crippen LogP contribution in [0.5, 0.6) is 11.5 Å². The Kier molecular flexibility index (Phi) is 4.82. The molecule has 0 amide bonds. The van der Waals surface area contributed by atoms with Crippen LogP contribution in [0.3, 0.4) is 0 Å². The maximum Gasteiger partial charge on any atom is 0.284 e. The van der Waals surface area contributed by atoms with Crippen LogP contribution < -0.4 is 15.0 Å². The van der Waals surface area contributed by atoms with Crippen LogP contribution in [0.4, 0.5) is 0 Å². The Labute approximate surface area is 180 Å². The predicted molar refractivity (Wildman–Crippen MR) is 113 cm³/mol. The SMILES string of the molecule is COc1cccc(-c2noc(Cn3cnc4c(nnn4-c4ccccc4OC)c3=O)n2)c1. The van der Waals surface area contributed by atoms with Crippen LogP contribution in [0.2, 0.25) is 0 Å². The summed E-state index contributed by atoms with van der Waals surface area (Å²) in [6, 6.07) is 14.6. The maximum absolute atomic E-state index is 13.0. The summed E-state index contributed by atoms with van der Waals surface area (Å²) in [5, 5.41) is 12.1. The summed E-state index contributed by atoms with van der Waals surface area (Å²) in [5.41, 5.74) is 1.42. The van der Waals surface area contributed by atoms with Crippen LogP contribution >= 0.6 is 0 Å². The van der Waals surface area contributed by atoms with E-state index >= 15 is 0 Å². The van der Waals surface area contributed by atoms with Crippen molar-refractivity contribution >= 4 is 11.2 Å². The Morgan fingerprint density at radius 3 is 2.78 bits per heavy atom. The van der Waals surface area contributed by atoms with Crippen LogP contribution in [0.1, 0.15) is 5.89 Å². The number of para-hydroxylation sites is 2. The van der Waals surface area contributed by atoms with Gasteiger partial charge in [0.2, 0.25) is 11.7 Å². The highest BCUT2D eigenvalue weighted by Crippen LogP contribution is 2.23. The topological polar surface area (TPSA) is 123 Å². The second-order valence-electron chi connectivity index (χ2n) is 6.77. The molecule has 5 aromatic rings. The highest BCUT2D eigenvalue weighted by atomic mass is 16.5. The van der Waals surface area contributed by atoms with Gasteiger partial charge in [0.1, 0.15) is 30.1 Å². The fraction of sp³-hybridized carbons (Fsp3) is 0.143. The lowest BCUT2D eigenvalue weighted by molar-refractivity contribution is 0.369. The zero-order valence-electron chi connectivity index (χ0n) is 17.2. The lowest BCUT2D eigenvalue weighted by atomic mass is 10.2. The Morgan fingerprint density at radius 2 is 1.94 bits per heavy atom. The van der Waals surface area contributed by atoms with E-state index in [9.17, 15) is 4.79 Å². The van der Waals surface area contributed by atoms with Gasteiger partial charge >= 0.3 is 0 Å². The molecule has 0 spiro atoms. The Balaban J connectivity index is 1.47. The Morgan fingerprint density at radius 1 is 1.06 bits per heavy atom. The number of nitrogens with zero attached hydrogens (tertiary/aromatic N) is 7. The second kappa shape index (κ2) is 7.95. The van der Waals surface area contributed by atoms with Crippen molar-refractivity contribution in [3.05, 3.63) is 71.1 Å². The molecule has 0 saturated carbocycles. The summed E-state index contributed by atoms with van der Waals surface area (Å²) in [6.45, 7) is 0.0419. The zero-order chi connectivity index (χ0) is 22.1. The quantitative estimate of drug-likeness (QED) is 0.397. The number of aromatic nitrogens is 7. The molecule has 0 fully saturated rings. The van der Waals surface area contributed by atoms with Gasteiger partial charge in [-0.3, -0.25) is 9.36 Å². The third kappa shape index (κ3) is 3.35. The Bertz CT molecular complexity index is 1470. The first-order valence-electron chi connectivity index (χ1n) is 9.59. The monoisotopic (exact) mass is 431 g/mol. The van der Waals surface area contributed by atoms with Crippen molar-refractivity contribution in [1.29, 1.82) is 0 Å². The number of hydrogen-bond donors (Lipinski definition) is 0. The molecular weight excluding hydrogens is 414 g/mol. The van der Waals surface area contributed by atoms with Crippen LogP contribution in [0.15, 0.2) is 64.2 Å². The van der Waals surface area contributed by atoms with E-state index in [1.807, 2.05) is 30.3 Å². The van der Waals surface area contributed by atoms with Gasteiger partial charge in [-0.2, -0.15) is 9.67 Å². The van der Waals surface area contributed by atoms with E-state index in [0.717, 1.165) is 5.56 Å². The molecular formula is C21H17N7O4. The van der Waals surface area contributed by atoms with E-state index in [1.54, 1.807) is 32.4 Å². The summed E-state index contributed by atoms with van der Waals surface area (Å²) >= 11 is 0. The van der Waals surface area contributed by atoms with E-state index in [2.05, 4.69) is 25.4 Å². The van der Waals surface area contributed by atoms with Gasteiger partial charge in [0.05, 0.1) is 14.2 Å². The third-order valence-electron chi connectivity index (χ3n) is 4.84. The van der Waals surface area contributed by atoms with E-state index in [4.69, 9.17) is 14.0 Å². The van der Waals surface area contributed by atoms with Gasteiger partial charge in [-0.15, -0.1) is 5.10 Å². The number of hydrogen-bond acceptors (Lipinski definition) is 9. The van der Waals surface area contributed by atoms with E-state index in [0.29, 0.717) is 28.7 Å². The fourth-order valence-corrected chi connectivity index (χ4v) is 3.27. The maximum atomic E-state index is 13.0. The highest BCUT2D eigenvalue weighted by molar-refractivity contribution is 5.71. The minimum Gasteiger partial charge on any atom is -0.497 e. The Hall–Kier alpha value is -4.54. The zero-order valence-corrected chi connectivity index (χ0v) is 17.2. The highest BCUT2D eigenvalue weighted by Gasteiger charge is 2.17. The van der Waals surface area contributed by atoms with Crippen molar-refractivity contribution in [3.63, 3.8) is 0 Å². The number of benzene rings is 2. The fourth-order valence-electron chi connectivity index (χ4n) is 3.27. The molecule has 0 aliphatic heterocycles. The first-order chi connectivity index (χ1) is 15.7. The summed E-state index contributed by atoms with van der Waals surface area (Å²) in [7, 11) is 3.14. The average molecular weight is 431 g/mol. The molecule has 2 aromatic carbocycles. The normalized spacial score (nSPS) is 11.1. The molecule has 32 heavy (non-hydrogen) atoms. The van der Waals surface area contributed by atoms with Crippen molar-refractivity contribution in [2.75, 3.05) is 14.2 Å². The van der Waals surface area contributed by atoms with E-state index in [-0.39, 0.29) is 23.5 Å². The van der Waals surface area contributed by atoms with Crippen molar-refractivity contribution in [3.8, 4) is 28.6 Å². The molecule has 3 heterocycles. The minimum atomic E-state index is -0.378. The van der Waals surface area contributed by atoms with Crippen LogP contribution in [0, 0.1) is 0 Å². The molecule has 3 aromatic heterocycles. The molecule has 11 heteroatoms. The number of rotatable bonds is 6. The molecule has 11 nitrogen and oxygen atoms in total. The number of ether oxygens (including phenoxy) is 2. The van der Waals surface area contributed by atoms with Gasteiger partial charge in [-0.05, 0) is 24.3 Å². The summed E-state index contributed by atoms with van der Waals surface area (Å²) in [6.07, 6.45) is 1.40. The van der Waals surface area contributed by atoms with Gasteiger partial charge in [0, 0.05) is 5.56 Å². The molecule has 0 saturated heterocycles. The second-order valence-corrected chi connectivity index (χ2v) is 6.77. The lowest BCUT2D eigenvalue weighted by Crippen LogP contribution is -2.21. The van der Waals surface area contributed by atoms with Crippen LogP contribution in [-0.2, 0) is 6.54 Å². The molecule has 0 atom stereocenters. The molecule has 5 rings (SSSR count). The standard InChI is InChI=1S/C21H17N7O4/c1-30-14-7-5-6-13(10-14)19-23-17(32-25-19)11-27-12-22-20-18(21(27)29)24-26-28(20)15-8-3-4-9-16(15)31-2/h3-10,12H,11H2,1-2H3. The molecule has 160 valence electrons. The summed E-state index contributed by atoms with van der Waals surface area (Å²) in [5.74, 6) is 1.91. The van der Waals surface area contributed by atoms with E-state index in [1.165, 1.54) is 15.6 Å². The molecule has 0 radical (unpaired) electrons. The largest absolute Gasteiger partial charge is 0.497 e.